The zero-order chi connectivity index (χ0) is 15.6. The van der Waals surface area contributed by atoms with E-state index < -0.39 is 10.9 Å². The van der Waals surface area contributed by atoms with Crippen molar-refractivity contribution in [1.82, 2.24) is 0 Å². The molecule has 0 aliphatic carbocycles. The molecule has 0 spiro atoms. The van der Waals surface area contributed by atoms with E-state index in [2.05, 4.69) is 18.7 Å². The van der Waals surface area contributed by atoms with E-state index in [-0.39, 0.29) is 11.3 Å². The molecule has 0 bridgehead atoms. The fraction of sp³-hybridized carbons (Fsp3) is 0.533. The molecule has 0 saturated carbocycles. The van der Waals surface area contributed by atoms with Gasteiger partial charge in [0, 0.05) is 24.3 Å². The second kappa shape index (κ2) is 6.11. The molecule has 0 aromatic heterocycles. The van der Waals surface area contributed by atoms with Gasteiger partial charge in [-0.3, -0.25) is 10.1 Å². The summed E-state index contributed by atoms with van der Waals surface area (Å²) in [4.78, 5) is 23.6. The van der Waals surface area contributed by atoms with Crippen LogP contribution in [0.25, 0.3) is 0 Å². The van der Waals surface area contributed by atoms with E-state index in [1.54, 1.807) is 6.07 Å². The first kappa shape index (κ1) is 15.3. The summed E-state index contributed by atoms with van der Waals surface area (Å²) in [6.07, 6.45) is 3.29. The molecule has 1 N–H and O–H groups in total. The monoisotopic (exact) mass is 292 g/mol. The molecule has 2 atom stereocenters. The van der Waals surface area contributed by atoms with E-state index in [4.69, 9.17) is 5.11 Å². The third-order valence-electron chi connectivity index (χ3n) is 4.30. The van der Waals surface area contributed by atoms with Crippen molar-refractivity contribution < 1.29 is 14.8 Å². The van der Waals surface area contributed by atoms with Crippen LogP contribution in [0, 0.1) is 16.0 Å². The standard InChI is InChI=1S/C15H20N2O4/c1-3-11-6-7-16(10(2)8-11)12-4-5-14(17(20)21)13(9-12)15(18)19/h4-5,9-11H,3,6-8H2,1-2H3,(H,18,19)/t10-,11-/m0/s1. The molecular formula is C15H20N2O4. The Morgan fingerprint density at radius 3 is 2.76 bits per heavy atom. The van der Waals surface area contributed by atoms with Gasteiger partial charge in [0.15, 0.2) is 0 Å². The SMILES string of the molecule is CC[C@H]1CCN(c2ccc([N+](=O)[O-])c(C(=O)O)c2)[C@@H](C)C1. The van der Waals surface area contributed by atoms with Crippen molar-refractivity contribution in [2.24, 2.45) is 5.92 Å². The second-order valence-electron chi connectivity index (χ2n) is 5.60. The van der Waals surface area contributed by atoms with Crippen molar-refractivity contribution in [3.63, 3.8) is 0 Å². The quantitative estimate of drug-likeness (QED) is 0.680. The molecule has 0 amide bonds. The highest BCUT2D eigenvalue weighted by atomic mass is 16.6. The first-order valence-corrected chi connectivity index (χ1v) is 7.22. The van der Waals surface area contributed by atoms with Crippen LogP contribution in [0.3, 0.4) is 0 Å². The van der Waals surface area contributed by atoms with Gasteiger partial charge < -0.3 is 10.0 Å². The Kier molecular flexibility index (Phi) is 4.45. The summed E-state index contributed by atoms with van der Waals surface area (Å²) >= 11 is 0. The lowest BCUT2D eigenvalue weighted by atomic mass is 9.89. The van der Waals surface area contributed by atoms with E-state index in [1.807, 2.05) is 0 Å². The van der Waals surface area contributed by atoms with Crippen LogP contribution in [0.2, 0.25) is 0 Å². The Bertz CT molecular complexity index is 559. The Balaban J connectivity index is 2.31. The molecule has 1 heterocycles. The molecule has 21 heavy (non-hydrogen) atoms. The minimum atomic E-state index is -1.26. The largest absolute Gasteiger partial charge is 0.477 e. The maximum Gasteiger partial charge on any atom is 0.342 e. The highest BCUT2D eigenvalue weighted by molar-refractivity contribution is 5.93. The van der Waals surface area contributed by atoms with Crippen molar-refractivity contribution in [2.45, 2.75) is 39.2 Å². The van der Waals surface area contributed by atoms with Crippen LogP contribution < -0.4 is 4.90 Å². The molecule has 1 aliphatic rings. The van der Waals surface area contributed by atoms with Gasteiger partial charge in [-0.2, -0.15) is 0 Å². The van der Waals surface area contributed by atoms with E-state index in [0.717, 1.165) is 31.5 Å². The van der Waals surface area contributed by atoms with E-state index in [0.29, 0.717) is 12.0 Å². The van der Waals surface area contributed by atoms with Crippen molar-refractivity contribution >= 4 is 17.3 Å². The lowest BCUT2D eigenvalue weighted by molar-refractivity contribution is -0.385. The van der Waals surface area contributed by atoms with Crippen LogP contribution in [0.5, 0.6) is 0 Å². The lowest BCUT2D eigenvalue weighted by Crippen LogP contribution is -2.40. The molecule has 1 aliphatic heterocycles. The molecule has 6 nitrogen and oxygen atoms in total. The number of carboxylic acids is 1. The number of piperidine rings is 1. The molecule has 6 heteroatoms. The number of carbonyl (C=O) groups is 1. The highest BCUT2D eigenvalue weighted by Gasteiger charge is 2.27. The topological polar surface area (TPSA) is 83.7 Å². The van der Waals surface area contributed by atoms with Gasteiger partial charge in [0.1, 0.15) is 5.56 Å². The Labute approximate surface area is 123 Å². The maximum absolute atomic E-state index is 11.2. The fourth-order valence-corrected chi connectivity index (χ4v) is 3.06. The smallest absolute Gasteiger partial charge is 0.342 e. The predicted molar refractivity (Wildman–Crippen MR) is 79.9 cm³/mol. The van der Waals surface area contributed by atoms with Crippen molar-refractivity contribution in [3.05, 3.63) is 33.9 Å². The summed E-state index contributed by atoms with van der Waals surface area (Å²) in [5.74, 6) is -0.562. The summed E-state index contributed by atoms with van der Waals surface area (Å²) in [5.41, 5.74) is 0.143. The molecule has 114 valence electrons. The molecule has 1 aromatic carbocycles. The summed E-state index contributed by atoms with van der Waals surface area (Å²) in [5, 5.41) is 20.0. The number of nitro benzene ring substituents is 1. The summed E-state index contributed by atoms with van der Waals surface area (Å²) in [6.45, 7) is 5.15. The van der Waals surface area contributed by atoms with Crippen LogP contribution in [0.4, 0.5) is 11.4 Å². The number of aromatic carboxylic acids is 1. The third kappa shape index (κ3) is 3.15. The summed E-state index contributed by atoms with van der Waals surface area (Å²) in [6, 6.07) is 4.67. The number of rotatable bonds is 4. The number of carboxylic acid groups (broad SMARTS) is 1. The number of hydrogen-bond acceptors (Lipinski definition) is 4. The maximum atomic E-state index is 11.2. The first-order chi connectivity index (χ1) is 9.93. The molecule has 1 aromatic rings. The normalized spacial score (nSPS) is 22.1. The van der Waals surface area contributed by atoms with Crippen molar-refractivity contribution in [2.75, 3.05) is 11.4 Å². The zero-order valence-electron chi connectivity index (χ0n) is 12.3. The van der Waals surface area contributed by atoms with Crippen molar-refractivity contribution in [1.29, 1.82) is 0 Å². The van der Waals surface area contributed by atoms with Crippen molar-refractivity contribution in [3.8, 4) is 0 Å². The van der Waals surface area contributed by atoms with Gasteiger partial charge in [0.05, 0.1) is 4.92 Å². The number of anilines is 1. The lowest BCUT2D eigenvalue weighted by Gasteiger charge is -2.39. The van der Waals surface area contributed by atoms with Crippen LogP contribution in [-0.4, -0.2) is 28.6 Å². The zero-order valence-corrected chi connectivity index (χ0v) is 12.3. The van der Waals surface area contributed by atoms with Crippen LogP contribution in [0.1, 0.15) is 43.5 Å². The third-order valence-corrected chi connectivity index (χ3v) is 4.30. The van der Waals surface area contributed by atoms with Gasteiger partial charge in [0.25, 0.3) is 5.69 Å². The molecule has 1 fully saturated rings. The summed E-state index contributed by atoms with van der Waals surface area (Å²) in [7, 11) is 0. The van der Waals surface area contributed by atoms with E-state index >= 15 is 0 Å². The Morgan fingerprint density at radius 2 is 2.24 bits per heavy atom. The van der Waals surface area contributed by atoms with Gasteiger partial charge in [0.2, 0.25) is 0 Å². The van der Waals surface area contributed by atoms with Gasteiger partial charge in [-0.1, -0.05) is 13.3 Å². The van der Waals surface area contributed by atoms with Gasteiger partial charge >= 0.3 is 5.97 Å². The average Bonchev–Trinajstić information content (AvgIpc) is 2.46. The Hall–Kier alpha value is -2.11. The van der Waals surface area contributed by atoms with Gasteiger partial charge in [-0.25, -0.2) is 4.79 Å². The molecular weight excluding hydrogens is 272 g/mol. The van der Waals surface area contributed by atoms with Crippen LogP contribution in [0.15, 0.2) is 18.2 Å². The molecule has 1 saturated heterocycles. The molecule has 2 rings (SSSR count). The molecule has 0 radical (unpaired) electrons. The Morgan fingerprint density at radius 1 is 1.52 bits per heavy atom. The number of benzene rings is 1. The van der Waals surface area contributed by atoms with Crippen LogP contribution in [-0.2, 0) is 0 Å². The van der Waals surface area contributed by atoms with E-state index in [9.17, 15) is 14.9 Å². The van der Waals surface area contributed by atoms with E-state index in [1.165, 1.54) is 12.1 Å². The van der Waals surface area contributed by atoms with Gasteiger partial charge in [-0.15, -0.1) is 0 Å². The number of hydrogen-bond donors (Lipinski definition) is 1. The average molecular weight is 292 g/mol. The number of nitro groups is 1. The van der Waals surface area contributed by atoms with Gasteiger partial charge in [-0.05, 0) is 37.8 Å². The molecule has 0 unspecified atom stereocenters. The second-order valence-corrected chi connectivity index (χ2v) is 5.60. The van der Waals surface area contributed by atoms with Crippen LogP contribution >= 0.6 is 0 Å². The summed E-state index contributed by atoms with van der Waals surface area (Å²) < 4.78 is 0. The fourth-order valence-electron chi connectivity index (χ4n) is 3.06. The number of nitrogens with zero attached hydrogens (tertiary/aromatic N) is 2. The first-order valence-electron chi connectivity index (χ1n) is 7.22. The highest BCUT2D eigenvalue weighted by Crippen LogP contribution is 2.32. The minimum Gasteiger partial charge on any atom is -0.477 e. The minimum absolute atomic E-state index is 0.248. The predicted octanol–water partition coefficient (Wildman–Crippen LogP) is 3.31.